The molecule has 1 aliphatic heterocycles. The lowest BCUT2D eigenvalue weighted by atomic mass is 10.0. The standard InChI is InChI=1S/C7H8Br2N2O3/c8-3-7(4-12)6(9)1-5(2-10-7)11(13)14/h1-2,10,12H,3-4H2. The molecule has 0 saturated carbocycles. The second-order valence-electron chi connectivity index (χ2n) is 2.84. The molecule has 0 saturated heterocycles. The molecule has 0 aromatic heterocycles. The zero-order valence-corrected chi connectivity index (χ0v) is 10.2. The van der Waals surface area contributed by atoms with Crippen LogP contribution in [0.2, 0.25) is 0 Å². The van der Waals surface area contributed by atoms with Gasteiger partial charge in [-0.3, -0.25) is 10.1 Å². The molecule has 0 bridgehead atoms. The summed E-state index contributed by atoms with van der Waals surface area (Å²) >= 11 is 6.44. The van der Waals surface area contributed by atoms with E-state index in [-0.39, 0.29) is 12.3 Å². The molecule has 1 atom stereocenters. The summed E-state index contributed by atoms with van der Waals surface area (Å²) in [5.41, 5.74) is -0.735. The monoisotopic (exact) mass is 326 g/mol. The topological polar surface area (TPSA) is 75.4 Å². The highest BCUT2D eigenvalue weighted by Gasteiger charge is 2.35. The molecule has 78 valence electrons. The third-order valence-electron chi connectivity index (χ3n) is 1.94. The number of hydrogen-bond acceptors (Lipinski definition) is 4. The van der Waals surface area contributed by atoms with Crippen LogP contribution in [-0.2, 0) is 0 Å². The fourth-order valence-corrected chi connectivity index (χ4v) is 2.59. The molecular formula is C7H8Br2N2O3. The SMILES string of the molecule is O=[N+]([O-])C1=CNC(CO)(CBr)C(Br)=C1. The average molecular weight is 328 g/mol. The van der Waals surface area contributed by atoms with Crippen molar-refractivity contribution in [2.24, 2.45) is 0 Å². The number of nitrogens with one attached hydrogen (secondary N) is 1. The highest BCUT2D eigenvalue weighted by molar-refractivity contribution is 9.12. The Labute approximate surface area is 97.3 Å². The summed E-state index contributed by atoms with van der Waals surface area (Å²) in [5.74, 6) is 0. The van der Waals surface area contributed by atoms with Crippen molar-refractivity contribution in [3.05, 3.63) is 32.6 Å². The second-order valence-corrected chi connectivity index (χ2v) is 4.25. The van der Waals surface area contributed by atoms with Crippen molar-refractivity contribution in [3.8, 4) is 0 Å². The van der Waals surface area contributed by atoms with E-state index in [4.69, 9.17) is 0 Å². The molecule has 0 fully saturated rings. The number of dihydropyridines is 1. The summed E-state index contributed by atoms with van der Waals surface area (Å²) < 4.78 is 0.554. The van der Waals surface area contributed by atoms with E-state index in [0.717, 1.165) is 0 Å². The summed E-state index contributed by atoms with van der Waals surface area (Å²) in [4.78, 5) is 9.95. The number of aliphatic hydroxyl groups excluding tert-OH is 1. The Kier molecular flexibility index (Phi) is 3.68. The molecule has 5 nitrogen and oxygen atoms in total. The third-order valence-corrected chi connectivity index (χ3v) is 3.88. The van der Waals surface area contributed by atoms with Gasteiger partial charge in [-0.15, -0.1) is 0 Å². The molecular weight excluding hydrogens is 320 g/mol. The van der Waals surface area contributed by atoms with Crippen molar-refractivity contribution in [1.29, 1.82) is 0 Å². The first-order valence-electron chi connectivity index (χ1n) is 3.72. The predicted molar refractivity (Wildman–Crippen MR) is 58.8 cm³/mol. The fraction of sp³-hybridized carbons (Fsp3) is 0.429. The van der Waals surface area contributed by atoms with Gasteiger partial charge in [0.1, 0.15) is 5.54 Å². The molecule has 14 heavy (non-hydrogen) atoms. The lowest BCUT2D eigenvalue weighted by Gasteiger charge is -2.32. The summed E-state index contributed by atoms with van der Waals surface area (Å²) in [5, 5.41) is 22.9. The quantitative estimate of drug-likeness (QED) is 0.462. The molecule has 1 heterocycles. The Hall–Kier alpha value is -0.400. The van der Waals surface area contributed by atoms with E-state index < -0.39 is 10.5 Å². The summed E-state index contributed by atoms with van der Waals surface area (Å²) in [6.45, 7) is -0.156. The summed E-state index contributed by atoms with van der Waals surface area (Å²) in [7, 11) is 0. The van der Waals surface area contributed by atoms with Crippen LogP contribution in [0.25, 0.3) is 0 Å². The predicted octanol–water partition coefficient (Wildman–Crippen LogP) is 1.11. The first kappa shape index (κ1) is 11.7. The number of alkyl halides is 1. The number of aliphatic hydroxyl groups is 1. The van der Waals surface area contributed by atoms with Gasteiger partial charge in [-0.1, -0.05) is 31.9 Å². The minimum Gasteiger partial charge on any atom is -0.394 e. The fourth-order valence-electron chi connectivity index (χ4n) is 0.962. The first-order chi connectivity index (χ1) is 6.55. The lowest BCUT2D eigenvalue weighted by molar-refractivity contribution is -0.419. The van der Waals surface area contributed by atoms with E-state index >= 15 is 0 Å². The molecule has 1 unspecified atom stereocenters. The van der Waals surface area contributed by atoms with Gasteiger partial charge in [0.25, 0.3) is 5.70 Å². The van der Waals surface area contributed by atoms with Gasteiger partial charge >= 0.3 is 0 Å². The number of nitro groups is 1. The Morgan fingerprint density at radius 2 is 2.36 bits per heavy atom. The largest absolute Gasteiger partial charge is 0.394 e. The maximum atomic E-state index is 10.4. The van der Waals surface area contributed by atoms with Crippen LogP contribution in [0.15, 0.2) is 22.5 Å². The Morgan fingerprint density at radius 1 is 1.71 bits per heavy atom. The van der Waals surface area contributed by atoms with Gasteiger partial charge in [0.05, 0.1) is 17.7 Å². The maximum absolute atomic E-state index is 10.4. The molecule has 0 radical (unpaired) electrons. The maximum Gasteiger partial charge on any atom is 0.285 e. The number of hydrogen-bond donors (Lipinski definition) is 2. The molecule has 1 rings (SSSR count). The molecule has 0 amide bonds. The molecule has 0 aliphatic carbocycles. The van der Waals surface area contributed by atoms with Crippen LogP contribution in [0.5, 0.6) is 0 Å². The number of allylic oxidation sites excluding steroid dienone is 1. The third kappa shape index (κ3) is 1.99. The van der Waals surface area contributed by atoms with Crippen molar-refractivity contribution in [2.75, 3.05) is 11.9 Å². The van der Waals surface area contributed by atoms with Crippen molar-refractivity contribution >= 4 is 31.9 Å². The van der Waals surface area contributed by atoms with E-state index in [1.54, 1.807) is 0 Å². The minimum atomic E-state index is -0.695. The molecule has 2 N–H and O–H groups in total. The van der Waals surface area contributed by atoms with E-state index in [2.05, 4.69) is 37.2 Å². The van der Waals surface area contributed by atoms with Gasteiger partial charge in [0, 0.05) is 15.9 Å². The Balaban J connectivity index is 2.96. The van der Waals surface area contributed by atoms with Gasteiger partial charge in [-0.05, 0) is 0 Å². The van der Waals surface area contributed by atoms with Gasteiger partial charge in [0.2, 0.25) is 0 Å². The normalized spacial score (nSPS) is 26.2. The average Bonchev–Trinajstić information content (AvgIpc) is 2.18. The molecule has 0 spiro atoms. The van der Waals surface area contributed by atoms with E-state index in [9.17, 15) is 15.2 Å². The molecule has 0 aromatic rings. The van der Waals surface area contributed by atoms with Crippen LogP contribution < -0.4 is 5.32 Å². The van der Waals surface area contributed by atoms with Crippen LogP contribution in [0.3, 0.4) is 0 Å². The molecule has 0 aromatic carbocycles. The van der Waals surface area contributed by atoms with Gasteiger partial charge in [-0.2, -0.15) is 0 Å². The number of rotatable bonds is 3. The lowest BCUT2D eigenvalue weighted by Crippen LogP contribution is -2.49. The zero-order chi connectivity index (χ0) is 10.8. The number of halogens is 2. The van der Waals surface area contributed by atoms with E-state index in [1.165, 1.54) is 12.3 Å². The van der Waals surface area contributed by atoms with Gasteiger partial charge in [-0.25, -0.2) is 0 Å². The highest BCUT2D eigenvalue weighted by atomic mass is 79.9. The Bertz CT molecular complexity index is 310. The first-order valence-corrected chi connectivity index (χ1v) is 5.64. The summed E-state index contributed by atoms with van der Waals surface area (Å²) in [6.07, 6.45) is 2.66. The van der Waals surface area contributed by atoms with Gasteiger partial charge in [0.15, 0.2) is 0 Å². The zero-order valence-electron chi connectivity index (χ0n) is 7.04. The van der Waals surface area contributed by atoms with Gasteiger partial charge < -0.3 is 10.4 Å². The van der Waals surface area contributed by atoms with Crippen molar-refractivity contribution in [2.45, 2.75) is 5.54 Å². The van der Waals surface area contributed by atoms with Crippen LogP contribution in [0.1, 0.15) is 0 Å². The van der Waals surface area contributed by atoms with E-state index in [0.29, 0.717) is 9.81 Å². The van der Waals surface area contributed by atoms with Crippen molar-refractivity contribution in [1.82, 2.24) is 5.32 Å². The molecule has 7 heteroatoms. The van der Waals surface area contributed by atoms with Crippen LogP contribution in [0.4, 0.5) is 0 Å². The van der Waals surface area contributed by atoms with Crippen LogP contribution in [0, 0.1) is 10.1 Å². The Morgan fingerprint density at radius 3 is 2.71 bits per heavy atom. The minimum absolute atomic E-state index is 0.0399. The van der Waals surface area contributed by atoms with E-state index in [1.807, 2.05) is 0 Å². The smallest absolute Gasteiger partial charge is 0.285 e. The van der Waals surface area contributed by atoms with Crippen molar-refractivity contribution < 1.29 is 10.0 Å². The van der Waals surface area contributed by atoms with Crippen LogP contribution >= 0.6 is 31.9 Å². The second kappa shape index (κ2) is 4.41. The molecule has 1 aliphatic rings. The number of nitrogens with zero attached hydrogens (tertiary/aromatic N) is 1. The summed E-state index contributed by atoms with van der Waals surface area (Å²) in [6, 6.07) is 0. The highest BCUT2D eigenvalue weighted by Crippen LogP contribution is 2.29. The van der Waals surface area contributed by atoms with Crippen LogP contribution in [-0.4, -0.2) is 27.5 Å². The van der Waals surface area contributed by atoms with Crippen molar-refractivity contribution in [3.63, 3.8) is 0 Å².